The van der Waals surface area contributed by atoms with Crippen molar-refractivity contribution in [3.63, 3.8) is 0 Å². The second-order valence-electron chi connectivity index (χ2n) is 6.68. The van der Waals surface area contributed by atoms with Crippen molar-refractivity contribution in [2.75, 3.05) is 25.1 Å². The number of rotatable bonds is 5. The van der Waals surface area contributed by atoms with E-state index in [-0.39, 0.29) is 17.8 Å². The summed E-state index contributed by atoms with van der Waals surface area (Å²) in [6.45, 7) is 4.24. The van der Waals surface area contributed by atoms with E-state index >= 15 is 0 Å². The SMILES string of the molecule is COc1ccccc1CN1CCC(N(C(C)=O)c2ccc(F)cc2)CC1. The highest BCUT2D eigenvalue weighted by Gasteiger charge is 2.27. The lowest BCUT2D eigenvalue weighted by molar-refractivity contribution is -0.117. The molecule has 3 rings (SSSR count). The maximum atomic E-state index is 13.2. The Hall–Kier alpha value is -2.40. The first-order valence-electron chi connectivity index (χ1n) is 8.98. The number of hydrogen-bond donors (Lipinski definition) is 0. The van der Waals surface area contributed by atoms with E-state index in [4.69, 9.17) is 4.74 Å². The number of amides is 1. The molecule has 0 saturated carbocycles. The van der Waals surface area contributed by atoms with Gasteiger partial charge in [0.15, 0.2) is 0 Å². The molecule has 1 heterocycles. The zero-order chi connectivity index (χ0) is 18.5. The number of benzene rings is 2. The number of hydrogen-bond acceptors (Lipinski definition) is 3. The lowest BCUT2D eigenvalue weighted by Gasteiger charge is -2.38. The summed E-state index contributed by atoms with van der Waals surface area (Å²) in [4.78, 5) is 16.4. The molecule has 1 aliphatic rings. The van der Waals surface area contributed by atoms with E-state index in [1.165, 1.54) is 17.7 Å². The lowest BCUT2D eigenvalue weighted by Crippen LogP contribution is -2.46. The summed E-state index contributed by atoms with van der Waals surface area (Å²) in [5.41, 5.74) is 1.94. The highest BCUT2D eigenvalue weighted by Crippen LogP contribution is 2.26. The Morgan fingerprint density at radius 1 is 1.15 bits per heavy atom. The molecule has 2 aromatic rings. The first-order valence-corrected chi connectivity index (χ1v) is 8.98. The Morgan fingerprint density at radius 3 is 2.42 bits per heavy atom. The van der Waals surface area contributed by atoms with Crippen LogP contribution in [0.25, 0.3) is 0 Å². The number of nitrogens with zero attached hydrogens (tertiary/aromatic N) is 2. The zero-order valence-corrected chi connectivity index (χ0v) is 15.3. The number of halogens is 1. The molecule has 1 saturated heterocycles. The number of carbonyl (C=O) groups excluding carboxylic acids is 1. The van der Waals surface area contributed by atoms with Crippen LogP contribution in [-0.2, 0) is 11.3 Å². The highest BCUT2D eigenvalue weighted by atomic mass is 19.1. The van der Waals surface area contributed by atoms with Crippen molar-refractivity contribution in [3.05, 3.63) is 59.9 Å². The van der Waals surface area contributed by atoms with Gasteiger partial charge in [0.05, 0.1) is 7.11 Å². The van der Waals surface area contributed by atoms with Gasteiger partial charge in [0.25, 0.3) is 0 Å². The van der Waals surface area contributed by atoms with Crippen LogP contribution in [0.3, 0.4) is 0 Å². The van der Waals surface area contributed by atoms with Crippen molar-refractivity contribution in [3.8, 4) is 5.75 Å². The summed E-state index contributed by atoms with van der Waals surface area (Å²) in [5.74, 6) is 0.620. The molecule has 1 amide bonds. The third-order valence-corrected chi connectivity index (χ3v) is 4.95. The molecule has 0 aliphatic carbocycles. The van der Waals surface area contributed by atoms with Gasteiger partial charge >= 0.3 is 0 Å². The highest BCUT2D eigenvalue weighted by molar-refractivity contribution is 5.92. The number of para-hydroxylation sites is 1. The maximum absolute atomic E-state index is 13.2. The van der Waals surface area contributed by atoms with Gasteiger partial charge in [0, 0.05) is 43.9 Å². The van der Waals surface area contributed by atoms with Gasteiger partial charge in [-0.05, 0) is 43.2 Å². The van der Waals surface area contributed by atoms with Gasteiger partial charge in [0.2, 0.25) is 5.91 Å². The molecule has 0 spiro atoms. The predicted molar refractivity (Wildman–Crippen MR) is 101 cm³/mol. The standard InChI is InChI=1S/C21H25FN2O2/c1-16(25)24(19-9-7-18(22)8-10-19)20-11-13-23(14-12-20)15-17-5-3-4-6-21(17)26-2/h3-10,20H,11-15H2,1-2H3. The Labute approximate surface area is 154 Å². The number of anilines is 1. The summed E-state index contributed by atoms with van der Waals surface area (Å²) < 4.78 is 18.6. The molecule has 5 heteroatoms. The lowest BCUT2D eigenvalue weighted by atomic mass is 10.0. The van der Waals surface area contributed by atoms with Crippen LogP contribution in [0.4, 0.5) is 10.1 Å². The third kappa shape index (κ3) is 4.22. The largest absolute Gasteiger partial charge is 0.496 e. The molecule has 0 radical (unpaired) electrons. The third-order valence-electron chi connectivity index (χ3n) is 4.95. The van der Waals surface area contributed by atoms with Gasteiger partial charge in [0.1, 0.15) is 11.6 Å². The van der Waals surface area contributed by atoms with Crippen molar-refractivity contribution >= 4 is 11.6 Å². The van der Waals surface area contributed by atoms with Gasteiger partial charge in [-0.15, -0.1) is 0 Å². The summed E-state index contributed by atoms with van der Waals surface area (Å²) in [6, 6.07) is 14.4. The molecule has 26 heavy (non-hydrogen) atoms. The first kappa shape index (κ1) is 18.4. The average molecular weight is 356 g/mol. The van der Waals surface area contributed by atoms with E-state index in [9.17, 15) is 9.18 Å². The Morgan fingerprint density at radius 2 is 1.81 bits per heavy atom. The zero-order valence-electron chi connectivity index (χ0n) is 15.3. The van der Waals surface area contributed by atoms with Crippen molar-refractivity contribution < 1.29 is 13.9 Å². The molecular weight excluding hydrogens is 331 g/mol. The van der Waals surface area contributed by atoms with Gasteiger partial charge in [-0.3, -0.25) is 9.69 Å². The van der Waals surface area contributed by atoms with E-state index in [2.05, 4.69) is 11.0 Å². The minimum Gasteiger partial charge on any atom is -0.496 e. The van der Waals surface area contributed by atoms with Crippen LogP contribution in [0.1, 0.15) is 25.3 Å². The minimum atomic E-state index is -0.288. The van der Waals surface area contributed by atoms with Crippen LogP contribution < -0.4 is 9.64 Å². The summed E-state index contributed by atoms with van der Waals surface area (Å²) in [6.07, 6.45) is 1.79. The van der Waals surface area contributed by atoms with Crippen LogP contribution >= 0.6 is 0 Å². The molecule has 4 nitrogen and oxygen atoms in total. The van der Waals surface area contributed by atoms with Gasteiger partial charge in [-0.1, -0.05) is 18.2 Å². The molecule has 0 aromatic heterocycles. The molecule has 1 fully saturated rings. The number of ether oxygens (including phenoxy) is 1. The molecule has 138 valence electrons. The number of carbonyl (C=O) groups is 1. The Balaban J connectivity index is 1.64. The van der Waals surface area contributed by atoms with E-state index in [1.54, 1.807) is 31.1 Å². The molecule has 0 unspecified atom stereocenters. The predicted octanol–water partition coefficient (Wildman–Crippen LogP) is 3.85. The second-order valence-corrected chi connectivity index (χ2v) is 6.68. The van der Waals surface area contributed by atoms with Crippen LogP contribution in [0.15, 0.2) is 48.5 Å². The summed E-state index contributed by atoms with van der Waals surface area (Å²) in [5, 5.41) is 0. The quantitative estimate of drug-likeness (QED) is 0.816. The van der Waals surface area contributed by atoms with Crippen molar-refractivity contribution in [2.45, 2.75) is 32.4 Å². The van der Waals surface area contributed by atoms with Crippen molar-refractivity contribution in [2.24, 2.45) is 0 Å². The minimum absolute atomic E-state index is 0.000197. The van der Waals surface area contributed by atoms with Crippen molar-refractivity contribution in [1.29, 1.82) is 0 Å². The second kappa shape index (κ2) is 8.32. The molecule has 1 aliphatic heterocycles. The molecule has 0 bridgehead atoms. The fraction of sp³-hybridized carbons (Fsp3) is 0.381. The number of piperidine rings is 1. The monoisotopic (exact) mass is 356 g/mol. The van der Waals surface area contributed by atoms with Crippen LogP contribution in [0.2, 0.25) is 0 Å². The van der Waals surface area contributed by atoms with Crippen LogP contribution in [-0.4, -0.2) is 37.0 Å². The van der Waals surface area contributed by atoms with Gasteiger partial charge < -0.3 is 9.64 Å². The Bertz CT molecular complexity index is 740. The summed E-state index contributed by atoms with van der Waals surface area (Å²) in [7, 11) is 1.69. The molecule has 2 aromatic carbocycles. The maximum Gasteiger partial charge on any atom is 0.224 e. The number of methoxy groups -OCH3 is 1. The molecule has 0 atom stereocenters. The van der Waals surface area contributed by atoms with E-state index < -0.39 is 0 Å². The van der Waals surface area contributed by atoms with Gasteiger partial charge in [-0.25, -0.2) is 4.39 Å². The summed E-state index contributed by atoms with van der Waals surface area (Å²) >= 11 is 0. The average Bonchev–Trinajstić information content (AvgIpc) is 2.65. The smallest absolute Gasteiger partial charge is 0.224 e. The normalized spacial score (nSPS) is 15.7. The van der Waals surface area contributed by atoms with Crippen LogP contribution in [0, 0.1) is 5.82 Å². The van der Waals surface area contributed by atoms with Crippen LogP contribution in [0.5, 0.6) is 5.75 Å². The fourth-order valence-electron chi connectivity index (χ4n) is 3.66. The first-order chi connectivity index (χ1) is 12.6. The van der Waals surface area contributed by atoms with E-state index in [0.29, 0.717) is 0 Å². The molecule has 0 N–H and O–H groups in total. The van der Waals surface area contributed by atoms with E-state index in [0.717, 1.165) is 43.9 Å². The molecular formula is C21H25FN2O2. The number of likely N-dealkylation sites (tertiary alicyclic amines) is 1. The van der Waals surface area contributed by atoms with Crippen molar-refractivity contribution in [1.82, 2.24) is 4.90 Å². The fourth-order valence-corrected chi connectivity index (χ4v) is 3.66. The van der Waals surface area contributed by atoms with Gasteiger partial charge in [-0.2, -0.15) is 0 Å². The topological polar surface area (TPSA) is 32.8 Å². The van der Waals surface area contributed by atoms with E-state index in [1.807, 2.05) is 18.2 Å². The Kier molecular flexibility index (Phi) is 5.89.